The number of pyridine rings is 2. The Morgan fingerprint density at radius 1 is 1.12 bits per heavy atom. The predicted molar refractivity (Wildman–Crippen MR) is 197 cm³/mol. The summed E-state index contributed by atoms with van der Waals surface area (Å²) in [5, 5.41) is 22.9. The standard InChI is InChI=1S/C39H44F2N8O3/c1-5-22(16-23-9-7-13-43-23)45-36-26(10-8-14-44-36)20(3)49-29-18-42-19-30(29)52-38-32-35(47-39(51-4)48-37(32)49)33(41)34(46-38)27-17-24(50)15-21-11-12-28(40)25(6-2)31(21)27/h8,10-12,14-15,17,20,22-23,29-30,42-43,50H,5-7,9,13,16,18-19H2,1-4H3,(H,44,45). The van der Waals surface area contributed by atoms with Gasteiger partial charge in [0.15, 0.2) is 5.82 Å². The lowest BCUT2D eigenvalue weighted by atomic mass is 9.94. The fourth-order valence-corrected chi connectivity index (χ4v) is 8.33. The van der Waals surface area contributed by atoms with E-state index in [1.807, 2.05) is 13.0 Å². The van der Waals surface area contributed by atoms with E-state index in [1.165, 1.54) is 38.2 Å². The zero-order valence-corrected chi connectivity index (χ0v) is 29.8. The number of ether oxygens (including phenoxy) is 2. The van der Waals surface area contributed by atoms with Crippen molar-refractivity contribution in [3.63, 3.8) is 0 Å². The Balaban J connectivity index is 1.30. The fourth-order valence-electron chi connectivity index (χ4n) is 8.33. The first-order valence-electron chi connectivity index (χ1n) is 18.3. The van der Waals surface area contributed by atoms with Crippen molar-refractivity contribution < 1.29 is 23.4 Å². The van der Waals surface area contributed by atoms with E-state index in [0.29, 0.717) is 53.1 Å². The van der Waals surface area contributed by atoms with Gasteiger partial charge in [-0.25, -0.2) is 18.7 Å². The van der Waals surface area contributed by atoms with Crippen LogP contribution in [0.4, 0.5) is 20.4 Å². The van der Waals surface area contributed by atoms with E-state index in [2.05, 4.69) is 45.7 Å². The number of hydrogen-bond acceptors (Lipinski definition) is 11. The molecule has 0 bridgehead atoms. The summed E-state index contributed by atoms with van der Waals surface area (Å²) in [6, 6.07) is 10.0. The Morgan fingerprint density at radius 2 is 1.98 bits per heavy atom. The maximum Gasteiger partial charge on any atom is 0.318 e. The second-order valence-corrected chi connectivity index (χ2v) is 14.0. The number of hydrogen-bond donors (Lipinski definition) is 4. The molecule has 2 saturated heterocycles. The Labute approximate surface area is 301 Å². The second-order valence-electron chi connectivity index (χ2n) is 14.0. The molecule has 13 heteroatoms. The van der Waals surface area contributed by atoms with Gasteiger partial charge in [0.2, 0.25) is 5.88 Å². The van der Waals surface area contributed by atoms with Gasteiger partial charge in [0, 0.05) is 42.5 Å². The van der Waals surface area contributed by atoms with Gasteiger partial charge >= 0.3 is 6.01 Å². The summed E-state index contributed by atoms with van der Waals surface area (Å²) in [5.41, 5.74) is 1.45. The first-order valence-corrected chi connectivity index (χ1v) is 18.3. The minimum atomic E-state index is -0.754. The van der Waals surface area contributed by atoms with Crippen molar-refractivity contribution in [2.24, 2.45) is 0 Å². The third-order valence-corrected chi connectivity index (χ3v) is 10.9. The van der Waals surface area contributed by atoms with Gasteiger partial charge in [-0.1, -0.05) is 26.0 Å². The third kappa shape index (κ3) is 5.89. The molecular formula is C39H44F2N8O3. The molecular weight excluding hydrogens is 666 g/mol. The monoisotopic (exact) mass is 710 g/mol. The summed E-state index contributed by atoms with van der Waals surface area (Å²) in [6.45, 7) is 8.28. The van der Waals surface area contributed by atoms with E-state index >= 15 is 8.78 Å². The number of aromatic hydroxyl groups is 1. The van der Waals surface area contributed by atoms with Crippen molar-refractivity contribution in [2.45, 2.75) is 83.1 Å². The lowest BCUT2D eigenvalue weighted by Crippen LogP contribution is -2.46. The maximum atomic E-state index is 17.2. The van der Waals surface area contributed by atoms with Gasteiger partial charge in [0.1, 0.15) is 45.9 Å². The van der Waals surface area contributed by atoms with Crippen LogP contribution >= 0.6 is 0 Å². The number of aromatic nitrogens is 4. The number of phenolic OH excluding ortho intramolecular Hbond substituents is 1. The van der Waals surface area contributed by atoms with Crippen LogP contribution in [0.3, 0.4) is 0 Å². The molecule has 3 aliphatic rings. The number of rotatable bonds is 10. The zero-order valence-electron chi connectivity index (χ0n) is 29.8. The van der Waals surface area contributed by atoms with Crippen molar-refractivity contribution in [1.82, 2.24) is 30.6 Å². The molecule has 5 unspecified atom stereocenters. The van der Waals surface area contributed by atoms with Crippen molar-refractivity contribution in [1.29, 1.82) is 0 Å². The number of benzene rings is 2. The Hall–Kier alpha value is -4.88. The zero-order chi connectivity index (χ0) is 36.1. The van der Waals surface area contributed by atoms with E-state index in [-0.39, 0.29) is 58.6 Å². The van der Waals surface area contributed by atoms with Crippen molar-refractivity contribution in [3.05, 3.63) is 65.4 Å². The van der Waals surface area contributed by atoms with E-state index < -0.39 is 11.6 Å². The lowest BCUT2D eigenvalue weighted by Gasteiger charge is -2.37. The molecule has 5 atom stereocenters. The molecule has 2 fully saturated rings. The normalized spacial score (nSPS) is 20.8. The van der Waals surface area contributed by atoms with Crippen LogP contribution in [0.25, 0.3) is 32.9 Å². The summed E-state index contributed by atoms with van der Waals surface area (Å²) in [4.78, 5) is 21.2. The number of nitrogens with zero attached hydrogens (tertiary/aromatic N) is 5. The Bertz CT molecular complexity index is 2150. The van der Waals surface area contributed by atoms with Gasteiger partial charge in [-0.3, -0.25) is 0 Å². The average molecular weight is 711 g/mol. The van der Waals surface area contributed by atoms with E-state index in [0.717, 1.165) is 30.8 Å². The fraction of sp³-hybridized carbons (Fsp3) is 0.436. The number of nitrogens with one attached hydrogen (secondary N) is 3. The Kier molecular flexibility index (Phi) is 9.16. The number of aryl methyl sites for hydroxylation is 1. The van der Waals surface area contributed by atoms with E-state index in [1.54, 1.807) is 12.3 Å². The molecule has 0 spiro atoms. The third-order valence-electron chi connectivity index (χ3n) is 10.9. The molecule has 0 saturated carbocycles. The molecule has 3 aliphatic heterocycles. The first kappa shape index (κ1) is 34.2. The minimum Gasteiger partial charge on any atom is -0.508 e. The van der Waals surface area contributed by atoms with Gasteiger partial charge in [0.25, 0.3) is 0 Å². The predicted octanol–water partition coefficient (Wildman–Crippen LogP) is 6.43. The second kappa shape index (κ2) is 13.9. The molecule has 0 amide bonds. The van der Waals surface area contributed by atoms with Crippen LogP contribution < -0.4 is 30.3 Å². The largest absolute Gasteiger partial charge is 0.508 e. The summed E-state index contributed by atoms with van der Waals surface area (Å²) >= 11 is 0. The van der Waals surface area contributed by atoms with Gasteiger partial charge in [-0.05, 0) is 86.2 Å². The lowest BCUT2D eigenvalue weighted by molar-refractivity contribution is 0.195. The molecule has 11 nitrogen and oxygen atoms in total. The highest BCUT2D eigenvalue weighted by Gasteiger charge is 2.43. The maximum absolute atomic E-state index is 17.2. The van der Waals surface area contributed by atoms with E-state index in [4.69, 9.17) is 24.4 Å². The Morgan fingerprint density at radius 3 is 2.75 bits per heavy atom. The molecule has 52 heavy (non-hydrogen) atoms. The quantitative estimate of drug-likeness (QED) is 0.128. The summed E-state index contributed by atoms with van der Waals surface area (Å²) < 4.78 is 44.7. The average Bonchev–Trinajstić information content (AvgIpc) is 3.82. The first-order chi connectivity index (χ1) is 25.3. The molecule has 0 aliphatic carbocycles. The van der Waals surface area contributed by atoms with Gasteiger partial charge in [-0.15, -0.1) is 0 Å². The number of anilines is 2. The summed E-state index contributed by atoms with van der Waals surface area (Å²) in [5.74, 6) is 0.100. The van der Waals surface area contributed by atoms with Crippen LogP contribution in [-0.4, -0.2) is 76.0 Å². The molecule has 8 rings (SSSR count). The molecule has 3 aromatic heterocycles. The highest BCUT2D eigenvalue weighted by molar-refractivity contribution is 6.03. The van der Waals surface area contributed by atoms with Gasteiger partial charge < -0.3 is 35.4 Å². The molecule has 2 aromatic carbocycles. The molecule has 0 radical (unpaired) electrons. The van der Waals surface area contributed by atoms with Crippen molar-refractivity contribution in [2.75, 3.05) is 37.0 Å². The number of phenols is 1. The van der Waals surface area contributed by atoms with Crippen LogP contribution in [0.2, 0.25) is 0 Å². The minimum absolute atomic E-state index is 0.0215. The number of halogens is 2. The highest BCUT2D eigenvalue weighted by atomic mass is 19.1. The van der Waals surface area contributed by atoms with Crippen LogP contribution in [0, 0.1) is 11.6 Å². The summed E-state index contributed by atoms with van der Waals surface area (Å²) in [6.07, 6.45) is 6.07. The van der Waals surface area contributed by atoms with E-state index in [9.17, 15) is 5.11 Å². The van der Waals surface area contributed by atoms with Crippen LogP contribution in [0.15, 0.2) is 42.6 Å². The SMILES string of the molecule is CCc1c(F)ccc2cc(O)cc(-c3nc4c5c(nc(OC)nc5c3F)N(C(C)c3cccnc3NC(CC)CC3CCCN3)C3CNCC3O4)c12. The molecule has 4 N–H and O–H groups in total. The molecule has 6 heterocycles. The van der Waals surface area contributed by atoms with Crippen molar-refractivity contribution in [3.8, 4) is 28.9 Å². The van der Waals surface area contributed by atoms with Gasteiger partial charge in [0.05, 0.1) is 19.2 Å². The van der Waals surface area contributed by atoms with Gasteiger partial charge in [-0.2, -0.15) is 9.97 Å². The highest BCUT2D eigenvalue weighted by Crippen LogP contribution is 2.46. The van der Waals surface area contributed by atoms with Crippen molar-refractivity contribution >= 4 is 33.3 Å². The number of methoxy groups -OCH3 is 1. The van der Waals surface area contributed by atoms with Crippen LogP contribution in [0.5, 0.6) is 17.6 Å². The van der Waals surface area contributed by atoms with Crippen LogP contribution in [0.1, 0.15) is 63.6 Å². The molecule has 5 aromatic rings. The topological polar surface area (TPSA) is 130 Å². The summed E-state index contributed by atoms with van der Waals surface area (Å²) in [7, 11) is 1.45. The molecule has 272 valence electrons. The number of fused-ring (bicyclic) bond motifs is 2. The smallest absolute Gasteiger partial charge is 0.318 e. The van der Waals surface area contributed by atoms with Crippen LogP contribution in [-0.2, 0) is 6.42 Å².